The van der Waals surface area contributed by atoms with Crippen LogP contribution >= 0.6 is 27.3 Å². The average Bonchev–Trinajstić information content (AvgIpc) is 3.36. The molecule has 0 spiro atoms. The number of nitrogens with one attached hydrogen (secondary N) is 1. The molecule has 2 aliphatic rings. The number of fused-ring (bicyclic) bond motifs is 1. The van der Waals surface area contributed by atoms with Crippen LogP contribution in [-0.2, 0) is 0 Å². The van der Waals surface area contributed by atoms with Crippen LogP contribution in [0.5, 0.6) is 0 Å². The summed E-state index contributed by atoms with van der Waals surface area (Å²) in [6.45, 7) is 2.95. The van der Waals surface area contributed by atoms with Gasteiger partial charge in [-0.2, -0.15) is 0 Å². The van der Waals surface area contributed by atoms with Gasteiger partial charge < -0.3 is 15.1 Å². The van der Waals surface area contributed by atoms with Gasteiger partial charge in [-0.1, -0.05) is 40.2 Å². The second-order valence-electron chi connectivity index (χ2n) is 7.97. The third-order valence-electron chi connectivity index (χ3n) is 5.83. The van der Waals surface area contributed by atoms with E-state index < -0.39 is 0 Å². The fourth-order valence-corrected chi connectivity index (χ4v) is 5.78. The fourth-order valence-electron chi connectivity index (χ4n) is 4.19. The number of thiophene rings is 1. The molecule has 3 heterocycles. The first-order valence-electron chi connectivity index (χ1n) is 10.2. The number of amides is 2. The monoisotopic (exact) mass is 483 g/mol. The van der Waals surface area contributed by atoms with Crippen molar-refractivity contribution in [1.29, 1.82) is 0 Å². The highest BCUT2D eigenvalue weighted by Crippen LogP contribution is 2.30. The van der Waals surface area contributed by atoms with Crippen LogP contribution in [0, 0.1) is 0 Å². The molecule has 2 amide bonds. The van der Waals surface area contributed by atoms with Gasteiger partial charge in [0.25, 0.3) is 11.8 Å². The van der Waals surface area contributed by atoms with Crippen molar-refractivity contribution in [2.75, 3.05) is 26.2 Å². The summed E-state index contributed by atoms with van der Waals surface area (Å²) in [6.07, 6.45) is 0.953. The van der Waals surface area contributed by atoms with Crippen molar-refractivity contribution in [3.8, 4) is 0 Å². The van der Waals surface area contributed by atoms with Crippen LogP contribution in [0.25, 0.3) is 10.1 Å². The summed E-state index contributed by atoms with van der Waals surface area (Å²) < 4.78 is 2.15. The molecule has 7 heteroatoms. The molecule has 1 N–H and O–H groups in total. The van der Waals surface area contributed by atoms with Gasteiger partial charge in [0.15, 0.2) is 0 Å². The normalized spacial score (nSPS) is 19.3. The minimum atomic E-state index is 0.0988. The van der Waals surface area contributed by atoms with E-state index in [4.69, 9.17) is 0 Å². The summed E-state index contributed by atoms with van der Waals surface area (Å²) in [5.74, 6) is 0.208. The van der Waals surface area contributed by atoms with Gasteiger partial charge in [0.1, 0.15) is 0 Å². The molecule has 154 valence electrons. The lowest BCUT2D eigenvalue weighted by Crippen LogP contribution is -2.61. The number of benzene rings is 2. The zero-order chi connectivity index (χ0) is 20.7. The topological polar surface area (TPSA) is 52.7 Å². The van der Waals surface area contributed by atoms with Gasteiger partial charge in [-0.25, -0.2) is 0 Å². The smallest absolute Gasteiger partial charge is 0.264 e. The number of halogens is 1. The predicted molar refractivity (Wildman–Crippen MR) is 123 cm³/mol. The first-order valence-corrected chi connectivity index (χ1v) is 11.8. The van der Waals surface area contributed by atoms with Gasteiger partial charge >= 0.3 is 0 Å². The van der Waals surface area contributed by atoms with Crippen molar-refractivity contribution in [2.24, 2.45) is 0 Å². The fraction of sp³-hybridized carbons (Fsp3) is 0.304. The van der Waals surface area contributed by atoms with E-state index in [-0.39, 0.29) is 11.8 Å². The maximum atomic E-state index is 12.8. The largest absolute Gasteiger partial charge is 0.337 e. The molecule has 2 fully saturated rings. The summed E-state index contributed by atoms with van der Waals surface area (Å²) in [5, 5.41) is 4.74. The van der Waals surface area contributed by atoms with Crippen LogP contribution in [0.1, 0.15) is 26.5 Å². The van der Waals surface area contributed by atoms with Crippen LogP contribution in [0.15, 0.2) is 59.1 Å². The molecule has 0 saturated carbocycles. The first kappa shape index (κ1) is 19.7. The Bertz CT molecular complexity index is 1090. The zero-order valence-electron chi connectivity index (χ0n) is 16.4. The zero-order valence-corrected chi connectivity index (χ0v) is 18.8. The number of nitrogens with zero attached hydrogens (tertiary/aromatic N) is 2. The Labute approximate surface area is 187 Å². The van der Waals surface area contributed by atoms with Gasteiger partial charge in [0.2, 0.25) is 0 Å². The number of likely N-dealkylation sites (tertiary alicyclic amines) is 2. The molecular formula is C23H22BrN3O2S. The van der Waals surface area contributed by atoms with Crippen molar-refractivity contribution in [3.05, 3.63) is 69.5 Å². The predicted octanol–water partition coefficient (Wildman–Crippen LogP) is 3.99. The highest BCUT2D eigenvalue weighted by Gasteiger charge is 2.35. The third-order valence-corrected chi connectivity index (χ3v) is 7.41. The van der Waals surface area contributed by atoms with E-state index in [1.54, 1.807) is 11.3 Å². The Morgan fingerprint density at radius 3 is 2.50 bits per heavy atom. The SMILES string of the molecule is O=C(c1ccccc1)N1CCC(NC2CN(C(=O)c3cc4ccc(Br)cc4s3)C2)C1. The van der Waals surface area contributed by atoms with Gasteiger partial charge in [-0.05, 0) is 42.1 Å². The quantitative estimate of drug-likeness (QED) is 0.610. The van der Waals surface area contributed by atoms with Gasteiger partial charge in [-0.15, -0.1) is 11.3 Å². The Balaban J connectivity index is 1.13. The Hall–Kier alpha value is -2.22. The van der Waals surface area contributed by atoms with Crippen LogP contribution < -0.4 is 5.32 Å². The maximum Gasteiger partial charge on any atom is 0.264 e. The van der Waals surface area contributed by atoms with Crippen LogP contribution in [0.4, 0.5) is 0 Å². The molecule has 0 bridgehead atoms. The van der Waals surface area contributed by atoms with E-state index in [2.05, 4.69) is 27.3 Å². The van der Waals surface area contributed by atoms with Crippen molar-refractivity contribution in [2.45, 2.75) is 18.5 Å². The summed E-state index contributed by atoms with van der Waals surface area (Å²) in [5.41, 5.74) is 0.744. The van der Waals surface area contributed by atoms with E-state index in [0.717, 1.165) is 57.6 Å². The van der Waals surface area contributed by atoms with E-state index in [1.165, 1.54) is 0 Å². The molecule has 5 nitrogen and oxygen atoms in total. The molecule has 3 aromatic rings. The molecule has 2 saturated heterocycles. The summed E-state index contributed by atoms with van der Waals surface area (Å²) in [4.78, 5) is 30.0. The highest BCUT2D eigenvalue weighted by molar-refractivity contribution is 9.10. The van der Waals surface area contributed by atoms with Crippen LogP contribution in [-0.4, -0.2) is 59.9 Å². The molecule has 1 unspecified atom stereocenters. The number of rotatable bonds is 4. The van der Waals surface area contributed by atoms with Crippen molar-refractivity contribution in [3.63, 3.8) is 0 Å². The second kappa shape index (κ2) is 8.13. The molecular weight excluding hydrogens is 462 g/mol. The van der Waals surface area contributed by atoms with E-state index >= 15 is 0 Å². The lowest BCUT2D eigenvalue weighted by Gasteiger charge is -2.40. The first-order chi connectivity index (χ1) is 14.6. The van der Waals surface area contributed by atoms with E-state index in [1.807, 2.05) is 58.3 Å². The number of carbonyl (C=O) groups excluding carboxylic acids is 2. The molecule has 0 radical (unpaired) electrons. The lowest BCUT2D eigenvalue weighted by molar-refractivity contribution is 0.0558. The standard InChI is InChI=1S/C23H22BrN3O2S/c24-17-7-6-16-10-21(30-20(16)11-17)23(29)27-13-19(14-27)25-18-8-9-26(12-18)22(28)15-4-2-1-3-5-15/h1-7,10-11,18-19,25H,8-9,12-14H2. The van der Waals surface area contributed by atoms with Crippen LogP contribution in [0.3, 0.4) is 0 Å². The Morgan fingerprint density at radius 1 is 0.933 bits per heavy atom. The summed E-state index contributed by atoms with van der Waals surface area (Å²) in [6, 6.07) is 18.1. The number of hydrogen-bond acceptors (Lipinski definition) is 4. The minimum absolute atomic E-state index is 0.0988. The van der Waals surface area contributed by atoms with Gasteiger partial charge in [-0.3, -0.25) is 9.59 Å². The summed E-state index contributed by atoms with van der Waals surface area (Å²) >= 11 is 5.03. The van der Waals surface area contributed by atoms with Crippen molar-refractivity contribution in [1.82, 2.24) is 15.1 Å². The minimum Gasteiger partial charge on any atom is -0.337 e. The molecule has 5 rings (SSSR count). The maximum absolute atomic E-state index is 12.8. The number of hydrogen-bond donors (Lipinski definition) is 1. The Kier molecular flexibility index (Phi) is 5.35. The number of carbonyl (C=O) groups is 2. The van der Waals surface area contributed by atoms with E-state index in [9.17, 15) is 9.59 Å². The molecule has 1 atom stereocenters. The van der Waals surface area contributed by atoms with Crippen LogP contribution in [0.2, 0.25) is 0 Å². The Morgan fingerprint density at radius 2 is 1.70 bits per heavy atom. The average molecular weight is 484 g/mol. The van der Waals surface area contributed by atoms with Gasteiger partial charge in [0.05, 0.1) is 4.88 Å². The van der Waals surface area contributed by atoms with Crippen molar-refractivity contribution < 1.29 is 9.59 Å². The van der Waals surface area contributed by atoms with Gasteiger partial charge in [0, 0.05) is 53.0 Å². The molecule has 1 aromatic heterocycles. The molecule has 2 aliphatic heterocycles. The lowest BCUT2D eigenvalue weighted by atomic mass is 10.1. The van der Waals surface area contributed by atoms with E-state index in [0.29, 0.717) is 12.1 Å². The molecule has 2 aromatic carbocycles. The molecule has 0 aliphatic carbocycles. The third kappa shape index (κ3) is 3.89. The molecule has 30 heavy (non-hydrogen) atoms. The van der Waals surface area contributed by atoms with Crippen molar-refractivity contribution >= 4 is 49.2 Å². The second-order valence-corrected chi connectivity index (χ2v) is 9.97. The highest BCUT2D eigenvalue weighted by atomic mass is 79.9. The summed E-state index contributed by atoms with van der Waals surface area (Å²) in [7, 11) is 0.